The first-order valence-electron chi connectivity index (χ1n) is 6.96. The Morgan fingerprint density at radius 2 is 2.00 bits per heavy atom. The van der Waals surface area contributed by atoms with Gasteiger partial charge in [0.2, 0.25) is 5.91 Å². The van der Waals surface area contributed by atoms with Crippen LogP contribution in [0.3, 0.4) is 0 Å². The topological polar surface area (TPSA) is 77.9 Å². The van der Waals surface area contributed by atoms with Crippen molar-refractivity contribution in [3.05, 3.63) is 47.9 Å². The van der Waals surface area contributed by atoms with Crippen molar-refractivity contribution in [3.63, 3.8) is 0 Å². The fourth-order valence-corrected chi connectivity index (χ4v) is 2.72. The average molecular weight is 302 g/mol. The number of furan rings is 1. The van der Waals surface area contributed by atoms with E-state index in [1.807, 2.05) is 24.3 Å². The maximum Gasteiger partial charge on any atom is 0.243 e. The standard InChI is InChI=1S/C16H18N2O4/c1-20-11-6-5-10(8-13(11)21-2)9-18-15(14(17)16(18)19)12-4-3-7-22-12/h3-8,14-15H,9,17H2,1-2H3/t14-,15-/m0/s1. The zero-order valence-electron chi connectivity index (χ0n) is 12.5. The van der Waals surface area contributed by atoms with Crippen molar-refractivity contribution in [1.82, 2.24) is 4.90 Å². The Morgan fingerprint density at radius 3 is 2.64 bits per heavy atom. The Balaban J connectivity index is 1.81. The molecule has 22 heavy (non-hydrogen) atoms. The van der Waals surface area contributed by atoms with Crippen molar-refractivity contribution < 1.29 is 18.7 Å². The first-order chi connectivity index (χ1) is 10.7. The van der Waals surface area contributed by atoms with E-state index in [-0.39, 0.29) is 11.9 Å². The maximum absolute atomic E-state index is 12.1. The molecule has 2 heterocycles. The minimum Gasteiger partial charge on any atom is -0.493 e. The molecule has 6 heteroatoms. The van der Waals surface area contributed by atoms with E-state index in [2.05, 4.69) is 0 Å². The van der Waals surface area contributed by atoms with E-state index in [9.17, 15) is 4.79 Å². The number of methoxy groups -OCH3 is 2. The van der Waals surface area contributed by atoms with Crippen LogP contribution in [0.4, 0.5) is 0 Å². The van der Waals surface area contributed by atoms with Crippen molar-refractivity contribution in [2.45, 2.75) is 18.6 Å². The molecule has 1 aromatic heterocycles. The van der Waals surface area contributed by atoms with Gasteiger partial charge in [-0.25, -0.2) is 0 Å². The summed E-state index contributed by atoms with van der Waals surface area (Å²) in [5.74, 6) is 1.90. The number of likely N-dealkylation sites (tertiary alicyclic amines) is 1. The van der Waals surface area contributed by atoms with Crippen LogP contribution >= 0.6 is 0 Å². The second-order valence-electron chi connectivity index (χ2n) is 5.14. The maximum atomic E-state index is 12.1. The van der Waals surface area contributed by atoms with E-state index in [1.165, 1.54) is 0 Å². The molecular formula is C16H18N2O4. The third-order valence-electron chi connectivity index (χ3n) is 3.88. The third kappa shape index (κ3) is 2.31. The van der Waals surface area contributed by atoms with Gasteiger partial charge in [-0.2, -0.15) is 0 Å². The van der Waals surface area contributed by atoms with Gasteiger partial charge in [0, 0.05) is 6.54 Å². The lowest BCUT2D eigenvalue weighted by atomic mass is 9.93. The average Bonchev–Trinajstić information content (AvgIpc) is 3.07. The number of rotatable bonds is 5. The summed E-state index contributed by atoms with van der Waals surface area (Å²) >= 11 is 0. The molecule has 1 saturated heterocycles. The summed E-state index contributed by atoms with van der Waals surface area (Å²) in [6.07, 6.45) is 1.58. The second-order valence-corrected chi connectivity index (χ2v) is 5.14. The zero-order chi connectivity index (χ0) is 15.7. The summed E-state index contributed by atoms with van der Waals surface area (Å²) in [4.78, 5) is 13.8. The third-order valence-corrected chi connectivity index (χ3v) is 3.88. The summed E-state index contributed by atoms with van der Waals surface area (Å²) in [6.45, 7) is 0.443. The molecule has 2 atom stereocenters. The van der Waals surface area contributed by atoms with E-state index in [1.54, 1.807) is 31.4 Å². The molecule has 1 aliphatic rings. The molecule has 0 saturated carbocycles. The fourth-order valence-electron chi connectivity index (χ4n) is 2.72. The largest absolute Gasteiger partial charge is 0.493 e. The van der Waals surface area contributed by atoms with Crippen LogP contribution < -0.4 is 15.2 Å². The number of hydrogen-bond acceptors (Lipinski definition) is 5. The highest BCUT2D eigenvalue weighted by molar-refractivity contribution is 5.89. The summed E-state index contributed by atoms with van der Waals surface area (Å²) in [5.41, 5.74) is 6.85. The van der Waals surface area contributed by atoms with Crippen molar-refractivity contribution in [1.29, 1.82) is 0 Å². The Bertz CT molecular complexity index is 669. The van der Waals surface area contributed by atoms with Crippen LogP contribution in [0.2, 0.25) is 0 Å². The van der Waals surface area contributed by atoms with Crippen LogP contribution in [0.1, 0.15) is 17.4 Å². The van der Waals surface area contributed by atoms with Gasteiger partial charge in [-0.05, 0) is 29.8 Å². The van der Waals surface area contributed by atoms with Gasteiger partial charge in [-0.15, -0.1) is 0 Å². The van der Waals surface area contributed by atoms with E-state index in [4.69, 9.17) is 19.6 Å². The highest BCUT2D eigenvalue weighted by Crippen LogP contribution is 2.36. The molecule has 6 nitrogen and oxygen atoms in total. The number of nitrogens with zero attached hydrogens (tertiary/aromatic N) is 1. The van der Waals surface area contributed by atoms with Crippen molar-refractivity contribution in [3.8, 4) is 11.5 Å². The lowest BCUT2D eigenvalue weighted by molar-refractivity contribution is -0.151. The smallest absolute Gasteiger partial charge is 0.243 e. The Kier molecular flexibility index (Phi) is 3.77. The number of benzene rings is 1. The minimum atomic E-state index is -0.550. The molecule has 2 N–H and O–H groups in total. The minimum absolute atomic E-state index is 0.0869. The van der Waals surface area contributed by atoms with Gasteiger partial charge in [-0.3, -0.25) is 4.79 Å². The van der Waals surface area contributed by atoms with Gasteiger partial charge in [0.1, 0.15) is 17.8 Å². The number of ether oxygens (including phenoxy) is 2. The number of carbonyl (C=O) groups is 1. The molecule has 0 radical (unpaired) electrons. The van der Waals surface area contributed by atoms with E-state index >= 15 is 0 Å². The van der Waals surface area contributed by atoms with Gasteiger partial charge >= 0.3 is 0 Å². The SMILES string of the molecule is COc1ccc(CN2C(=O)[C@@H](N)[C@@H]2c2ccco2)cc1OC. The quantitative estimate of drug-likeness (QED) is 0.851. The molecule has 0 bridgehead atoms. The predicted octanol–water partition coefficient (Wildman–Crippen LogP) is 1.71. The van der Waals surface area contributed by atoms with Crippen LogP contribution in [-0.2, 0) is 11.3 Å². The van der Waals surface area contributed by atoms with Gasteiger partial charge in [0.25, 0.3) is 0 Å². The Hall–Kier alpha value is -2.47. The summed E-state index contributed by atoms with van der Waals surface area (Å²) < 4.78 is 15.9. The lowest BCUT2D eigenvalue weighted by Gasteiger charge is -2.44. The molecule has 3 rings (SSSR count). The Labute approximate surface area is 128 Å². The number of nitrogens with two attached hydrogens (primary N) is 1. The highest BCUT2D eigenvalue weighted by atomic mass is 16.5. The molecular weight excluding hydrogens is 284 g/mol. The van der Waals surface area contributed by atoms with E-state index < -0.39 is 6.04 Å². The highest BCUT2D eigenvalue weighted by Gasteiger charge is 2.47. The number of amides is 1. The number of carbonyl (C=O) groups excluding carboxylic acids is 1. The molecule has 1 aliphatic heterocycles. The molecule has 0 aliphatic carbocycles. The molecule has 1 fully saturated rings. The van der Waals surface area contributed by atoms with Crippen molar-refractivity contribution >= 4 is 5.91 Å². The van der Waals surface area contributed by atoms with E-state index in [0.717, 1.165) is 5.56 Å². The van der Waals surface area contributed by atoms with Gasteiger partial charge in [-0.1, -0.05) is 6.07 Å². The molecule has 116 valence electrons. The van der Waals surface area contributed by atoms with E-state index in [0.29, 0.717) is 23.8 Å². The monoisotopic (exact) mass is 302 g/mol. The molecule has 1 amide bonds. The molecule has 2 aromatic rings. The predicted molar refractivity (Wildman–Crippen MR) is 79.5 cm³/mol. The number of β-lactam (4-membered cyclic amide) rings is 1. The summed E-state index contributed by atoms with van der Waals surface area (Å²) in [7, 11) is 3.17. The van der Waals surface area contributed by atoms with Crippen LogP contribution in [0.25, 0.3) is 0 Å². The van der Waals surface area contributed by atoms with Crippen LogP contribution in [0, 0.1) is 0 Å². The first kappa shape index (κ1) is 14.5. The lowest BCUT2D eigenvalue weighted by Crippen LogP contribution is -2.62. The van der Waals surface area contributed by atoms with Crippen LogP contribution in [0.5, 0.6) is 11.5 Å². The summed E-state index contributed by atoms with van der Waals surface area (Å²) in [5, 5.41) is 0. The van der Waals surface area contributed by atoms with Crippen LogP contribution in [-0.4, -0.2) is 31.1 Å². The first-order valence-corrected chi connectivity index (χ1v) is 6.96. The normalized spacial score (nSPS) is 20.7. The second kappa shape index (κ2) is 5.73. The van der Waals surface area contributed by atoms with Gasteiger partial charge < -0.3 is 24.5 Å². The zero-order valence-corrected chi connectivity index (χ0v) is 12.5. The van der Waals surface area contributed by atoms with Crippen molar-refractivity contribution in [2.75, 3.05) is 14.2 Å². The van der Waals surface area contributed by atoms with Gasteiger partial charge in [0.15, 0.2) is 11.5 Å². The Morgan fingerprint density at radius 1 is 1.23 bits per heavy atom. The summed E-state index contributed by atoms with van der Waals surface area (Å²) in [6, 6.07) is 8.42. The fraction of sp³-hybridized carbons (Fsp3) is 0.312. The van der Waals surface area contributed by atoms with Crippen LogP contribution in [0.15, 0.2) is 41.0 Å². The number of hydrogen-bond donors (Lipinski definition) is 1. The van der Waals surface area contributed by atoms with Crippen molar-refractivity contribution in [2.24, 2.45) is 5.73 Å². The molecule has 0 unspecified atom stereocenters. The molecule has 1 aromatic carbocycles. The van der Waals surface area contributed by atoms with Gasteiger partial charge in [0.05, 0.1) is 20.5 Å². The molecule has 0 spiro atoms.